The molecule has 222 valence electrons. The fourth-order valence-corrected chi connectivity index (χ4v) is 5.06. The lowest BCUT2D eigenvalue weighted by molar-refractivity contribution is -0.141. The van der Waals surface area contributed by atoms with Crippen LogP contribution in [0.4, 0.5) is 5.69 Å². The number of aliphatic carboxylic acids is 1. The van der Waals surface area contributed by atoms with Crippen LogP contribution in [-0.4, -0.2) is 56.3 Å². The first-order valence-electron chi connectivity index (χ1n) is 13.5. The van der Waals surface area contributed by atoms with Gasteiger partial charge in [-0.15, -0.1) is 0 Å². The van der Waals surface area contributed by atoms with E-state index in [9.17, 15) is 24.3 Å². The third kappa shape index (κ3) is 6.72. The van der Waals surface area contributed by atoms with Crippen molar-refractivity contribution < 1.29 is 33.7 Å². The van der Waals surface area contributed by atoms with Gasteiger partial charge in [0.15, 0.2) is 11.5 Å². The Hall–Kier alpha value is -4.28. The van der Waals surface area contributed by atoms with E-state index in [1.54, 1.807) is 12.1 Å². The number of aryl methyl sites for hydroxylation is 1. The number of fused-ring (bicyclic) bond motifs is 3. The highest BCUT2D eigenvalue weighted by molar-refractivity contribution is 5.89. The lowest BCUT2D eigenvalue weighted by Gasteiger charge is -2.25. The predicted molar refractivity (Wildman–Crippen MR) is 155 cm³/mol. The van der Waals surface area contributed by atoms with E-state index >= 15 is 0 Å². The molecule has 4 atom stereocenters. The maximum Gasteiger partial charge on any atom is 0.325 e. The molecule has 0 radical (unpaired) electrons. The predicted octanol–water partition coefficient (Wildman–Crippen LogP) is 3.28. The zero-order chi connectivity index (χ0) is 30.4. The minimum atomic E-state index is -1.16. The maximum atomic E-state index is 13.6. The van der Waals surface area contributed by atoms with E-state index in [1.165, 1.54) is 41.2 Å². The number of hydrogen-bond donors (Lipinski definition) is 4. The number of benzene rings is 1. The van der Waals surface area contributed by atoms with E-state index in [2.05, 4.69) is 16.0 Å². The molecule has 11 heteroatoms. The van der Waals surface area contributed by atoms with E-state index in [4.69, 9.17) is 14.2 Å². The summed E-state index contributed by atoms with van der Waals surface area (Å²) in [4.78, 5) is 50.2. The first kappa shape index (κ1) is 31.3. The first-order chi connectivity index (χ1) is 19.5. The monoisotopic (exact) mass is 569 g/mol. The van der Waals surface area contributed by atoms with Crippen molar-refractivity contribution in [1.82, 2.24) is 10.6 Å². The number of nitrogens with one attached hydrogen (secondary N) is 3. The summed E-state index contributed by atoms with van der Waals surface area (Å²) in [7, 11) is 4.57. The summed E-state index contributed by atoms with van der Waals surface area (Å²) in [6.07, 6.45) is 1.68. The van der Waals surface area contributed by atoms with Crippen molar-refractivity contribution in [2.75, 3.05) is 26.6 Å². The first-order valence-corrected chi connectivity index (χ1v) is 13.5. The molecule has 0 aliphatic heterocycles. The molecule has 2 aromatic carbocycles. The number of carbonyl (C=O) groups is 3. The second-order valence-corrected chi connectivity index (χ2v) is 10.2. The third-order valence-electron chi connectivity index (χ3n) is 7.45. The Morgan fingerprint density at radius 3 is 2.29 bits per heavy atom. The molecule has 3 rings (SSSR count). The van der Waals surface area contributed by atoms with Crippen LogP contribution in [0.2, 0.25) is 0 Å². The van der Waals surface area contributed by atoms with Crippen LogP contribution < -0.4 is 35.6 Å². The number of carboxylic acids is 1. The van der Waals surface area contributed by atoms with Crippen molar-refractivity contribution in [3.8, 4) is 28.4 Å². The smallest absolute Gasteiger partial charge is 0.325 e. The van der Waals surface area contributed by atoms with Crippen LogP contribution in [-0.2, 0) is 20.8 Å². The van der Waals surface area contributed by atoms with Gasteiger partial charge in [0, 0.05) is 12.5 Å². The van der Waals surface area contributed by atoms with Gasteiger partial charge in [0.2, 0.25) is 23.0 Å². The molecule has 0 unspecified atom stereocenters. The van der Waals surface area contributed by atoms with Crippen molar-refractivity contribution in [2.45, 2.75) is 65.1 Å². The molecule has 2 amide bonds. The van der Waals surface area contributed by atoms with Gasteiger partial charge in [-0.1, -0.05) is 26.3 Å². The molecule has 0 spiro atoms. The number of carboxylic acid groups (broad SMARTS) is 1. The van der Waals surface area contributed by atoms with Gasteiger partial charge in [-0.3, -0.25) is 19.2 Å². The number of hydrogen-bond acceptors (Lipinski definition) is 8. The van der Waals surface area contributed by atoms with Crippen LogP contribution in [0.3, 0.4) is 0 Å². The summed E-state index contributed by atoms with van der Waals surface area (Å²) in [5.74, 6) is -0.834. The average molecular weight is 570 g/mol. The number of rotatable bonds is 11. The van der Waals surface area contributed by atoms with Gasteiger partial charge < -0.3 is 35.3 Å². The molecule has 41 heavy (non-hydrogen) atoms. The summed E-state index contributed by atoms with van der Waals surface area (Å²) in [6.45, 7) is 6.55. The Morgan fingerprint density at radius 1 is 1.05 bits per heavy atom. The van der Waals surface area contributed by atoms with Gasteiger partial charge in [-0.25, -0.2) is 0 Å². The number of anilines is 1. The Bertz CT molecular complexity index is 1380. The van der Waals surface area contributed by atoms with Crippen molar-refractivity contribution in [3.63, 3.8) is 0 Å². The second kappa shape index (κ2) is 13.4. The van der Waals surface area contributed by atoms with Gasteiger partial charge in [-0.05, 0) is 60.6 Å². The zero-order valence-electron chi connectivity index (χ0n) is 24.5. The highest BCUT2D eigenvalue weighted by Gasteiger charge is 2.31. The molecule has 0 saturated carbocycles. The maximum absolute atomic E-state index is 13.6. The number of carbonyl (C=O) groups excluding carboxylic acids is 2. The largest absolute Gasteiger partial charge is 0.493 e. The number of ether oxygens (including phenoxy) is 3. The quantitative estimate of drug-likeness (QED) is 0.319. The lowest BCUT2D eigenvalue weighted by atomic mass is 9.95. The Morgan fingerprint density at radius 2 is 1.73 bits per heavy atom. The molecule has 2 aromatic rings. The molecule has 11 nitrogen and oxygen atoms in total. The van der Waals surface area contributed by atoms with Crippen molar-refractivity contribution in [2.24, 2.45) is 5.92 Å². The Labute approximate surface area is 239 Å². The van der Waals surface area contributed by atoms with Crippen LogP contribution in [0.15, 0.2) is 29.1 Å². The minimum absolute atomic E-state index is 0.157. The highest BCUT2D eigenvalue weighted by atomic mass is 16.5. The van der Waals surface area contributed by atoms with E-state index in [-0.39, 0.29) is 17.5 Å². The van der Waals surface area contributed by atoms with Gasteiger partial charge >= 0.3 is 5.97 Å². The molecule has 0 bridgehead atoms. The minimum Gasteiger partial charge on any atom is -0.493 e. The standard InChI is InChI=1S/C30H39N3O8/c1-8-15(2)26(29(36)31-16(3)30(37)38)33-22-12-10-19-20(14-23(22)35)21(32-17(4)34)11-9-18-13-24(39-5)27(40-6)28(41-7)25(18)19/h10,12-16,21,26H,8-9,11H2,1-7H3,(H,31,36)(H,32,34)(H,33,35)(H,37,38)/t15-,16-,21-,26-/m1/s1. The van der Waals surface area contributed by atoms with Gasteiger partial charge in [0.1, 0.15) is 12.1 Å². The van der Waals surface area contributed by atoms with Crippen molar-refractivity contribution in [3.05, 3.63) is 45.6 Å². The van der Waals surface area contributed by atoms with Crippen LogP contribution in [0, 0.1) is 5.92 Å². The molecule has 0 heterocycles. The van der Waals surface area contributed by atoms with E-state index in [0.29, 0.717) is 53.2 Å². The van der Waals surface area contributed by atoms with E-state index in [0.717, 1.165) is 5.56 Å². The number of amides is 2. The fraction of sp³-hybridized carbons (Fsp3) is 0.467. The summed E-state index contributed by atoms with van der Waals surface area (Å²) < 4.78 is 17.0. The SMILES string of the molecule is CC[C@@H](C)[C@@H](Nc1ccc2c(cc1=O)[C@H](NC(C)=O)CCc1cc(OC)c(OC)c(OC)c1-2)C(=O)N[C@H](C)C(=O)O. The third-order valence-corrected chi connectivity index (χ3v) is 7.45. The van der Waals surface area contributed by atoms with Crippen LogP contribution in [0.5, 0.6) is 17.2 Å². The molecule has 4 N–H and O–H groups in total. The molecular formula is C30H39N3O8. The molecule has 0 saturated heterocycles. The summed E-state index contributed by atoms with van der Waals surface area (Å²) >= 11 is 0. The summed E-state index contributed by atoms with van der Waals surface area (Å²) in [5.41, 5.74) is 2.61. The van der Waals surface area contributed by atoms with Gasteiger partial charge in [0.25, 0.3) is 0 Å². The van der Waals surface area contributed by atoms with Crippen molar-refractivity contribution >= 4 is 23.5 Å². The molecule has 0 fully saturated rings. The van der Waals surface area contributed by atoms with Crippen molar-refractivity contribution in [1.29, 1.82) is 0 Å². The highest BCUT2D eigenvalue weighted by Crippen LogP contribution is 2.50. The van der Waals surface area contributed by atoms with Gasteiger partial charge in [0.05, 0.1) is 33.1 Å². The normalized spacial score (nSPS) is 16.0. The average Bonchev–Trinajstić information content (AvgIpc) is 3.18. The fourth-order valence-electron chi connectivity index (χ4n) is 5.06. The summed E-state index contributed by atoms with van der Waals surface area (Å²) in [6, 6.07) is 4.25. The zero-order valence-corrected chi connectivity index (χ0v) is 24.5. The second-order valence-electron chi connectivity index (χ2n) is 10.2. The van der Waals surface area contributed by atoms with Crippen LogP contribution in [0.25, 0.3) is 11.1 Å². The summed E-state index contributed by atoms with van der Waals surface area (Å²) in [5, 5.41) is 17.8. The van der Waals surface area contributed by atoms with E-state index < -0.39 is 35.4 Å². The molecule has 0 aromatic heterocycles. The van der Waals surface area contributed by atoms with Crippen LogP contribution >= 0.6 is 0 Å². The van der Waals surface area contributed by atoms with E-state index in [1.807, 2.05) is 19.9 Å². The molecule has 1 aliphatic carbocycles. The van der Waals surface area contributed by atoms with Gasteiger partial charge in [-0.2, -0.15) is 0 Å². The topological polar surface area (TPSA) is 152 Å². The Balaban J connectivity index is 2.24. The van der Waals surface area contributed by atoms with Crippen LogP contribution in [0.1, 0.15) is 57.7 Å². The Kier molecular flexibility index (Phi) is 10.2. The molecule has 1 aliphatic rings. The lowest BCUT2D eigenvalue weighted by Crippen LogP contribution is -2.49. The molecular weight excluding hydrogens is 530 g/mol. The number of methoxy groups -OCH3 is 3.